The lowest BCUT2D eigenvalue weighted by atomic mass is 10.1. The minimum Gasteiger partial charge on any atom is -0.489 e. The highest BCUT2D eigenvalue weighted by Crippen LogP contribution is 2.17. The second-order valence-electron chi connectivity index (χ2n) is 5.86. The first-order valence-corrected chi connectivity index (χ1v) is 8.87. The predicted molar refractivity (Wildman–Crippen MR) is 101 cm³/mol. The normalized spacial score (nSPS) is 11.2. The maximum atomic E-state index is 12.1. The summed E-state index contributed by atoms with van der Waals surface area (Å²) in [7, 11) is 0. The van der Waals surface area contributed by atoms with Gasteiger partial charge in [0.2, 0.25) is 0 Å². The number of unbranched alkanes of at least 4 members (excludes halogenated alkanes) is 1. The van der Waals surface area contributed by atoms with Crippen molar-refractivity contribution in [2.75, 3.05) is 6.61 Å². The van der Waals surface area contributed by atoms with Crippen LogP contribution in [0.15, 0.2) is 60.2 Å². The van der Waals surface area contributed by atoms with Crippen molar-refractivity contribution in [3.05, 3.63) is 71.3 Å². The van der Waals surface area contributed by atoms with Gasteiger partial charge < -0.3 is 9.47 Å². The third-order valence-electron chi connectivity index (χ3n) is 3.84. The lowest BCUT2D eigenvalue weighted by Crippen LogP contribution is -2.08. The van der Waals surface area contributed by atoms with E-state index in [0.29, 0.717) is 25.2 Å². The van der Waals surface area contributed by atoms with Crippen molar-refractivity contribution >= 4 is 12.0 Å². The molecule has 2 rings (SSSR count). The summed E-state index contributed by atoms with van der Waals surface area (Å²) in [6.45, 7) is 5.06. The molecule has 0 aliphatic heterocycles. The van der Waals surface area contributed by atoms with E-state index >= 15 is 0 Å². The van der Waals surface area contributed by atoms with Crippen molar-refractivity contribution in [3.63, 3.8) is 0 Å². The number of hydrogen-bond acceptors (Lipinski definition) is 3. The Kier molecular flexibility index (Phi) is 7.77. The molecule has 0 aromatic heterocycles. The van der Waals surface area contributed by atoms with E-state index in [1.807, 2.05) is 67.6 Å². The quantitative estimate of drug-likeness (QED) is 0.349. The number of benzene rings is 2. The van der Waals surface area contributed by atoms with Crippen LogP contribution >= 0.6 is 0 Å². The molecule has 2 aromatic carbocycles. The van der Waals surface area contributed by atoms with Gasteiger partial charge in [-0.25, -0.2) is 4.79 Å². The highest BCUT2D eigenvalue weighted by molar-refractivity contribution is 5.93. The Morgan fingerprint density at radius 1 is 1.00 bits per heavy atom. The zero-order valence-corrected chi connectivity index (χ0v) is 15.0. The van der Waals surface area contributed by atoms with E-state index in [1.54, 1.807) is 0 Å². The van der Waals surface area contributed by atoms with Gasteiger partial charge in [-0.2, -0.15) is 0 Å². The van der Waals surface area contributed by atoms with Gasteiger partial charge in [-0.3, -0.25) is 0 Å². The molecule has 0 fully saturated rings. The summed E-state index contributed by atoms with van der Waals surface area (Å²) in [5.74, 6) is 0.588. The van der Waals surface area contributed by atoms with Crippen molar-refractivity contribution in [3.8, 4) is 5.75 Å². The van der Waals surface area contributed by atoms with E-state index in [9.17, 15) is 4.79 Å². The fourth-order valence-electron chi connectivity index (χ4n) is 2.31. The van der Waals surface area contributed by atoms with Gasteiger partial charge in [0.25, 0.3) is 0 Å². The van der Waals surface area contributed by atoms with Gasteiger partial charge in [-0.15, -0.1) is 0 Å². The van der Waals surface area contributed by atoms with Crippen molar-refractivity contribution in [1.29, 1.82) is 0 Å². The topological polar surface area (TPSA) is 35.5 Å². The predicted octanol–water partition coefficient (Wildman–Crippen LogP) is 5.40. The lowest BCUT2D eigenvalue weighted by molar-refractivity contribution is -0.139. The van der Waals surface area contributed by atoms with Crippen molar-refractivity contribution in [1.82, 2.24) is 0 Å². The van der Waals surface area contributed by atoms with Gasteiger partial charge in [-0.1, -0.05) is 62.7 Å². The molecule has 0 saturated heterocycles. The molecule has 0 saturated carbocycles. The van der Waals surface area contributed by atoms with Crippen molar-refractivity contribution in [2.45, 2.75) is 39.7 Å². The number of carbonyl (C=O) groups excluding carboxylic acids is 1. The molecule has 2 aromatic rings. The SMILES string of the molecule is CCCCOC(=O)C(=Cc1ccc(OCc2ccccc2)cc1)CC. The number of esters is 1. The first-order valence-electron chi connectivity index (χ1n) is 8.87. The van der Waals surface area contributed by atoms with Gasteiger partial charge in [0.15, 0.2) is 0 Å². The number of carbonyl (C=O) groups is 1. The molecule has 0 N–H and O–H groups in total. The van der Waals surface area contributed by atoms with E-state index in [0.717, 1.165) is 29.7 Å². The Hall–Kier alpha value is -2.55. The molecule has 132 valence electrons. The molecule has 3 nitrogen and oxygen atoms in total. The van der Waals surface area contributed by atoms with Crippen LogP contribution in [0.2, 0.25) is 0 Å². The first-order chi connectivity index (χ1) is 12.2. The average Bonchev–Trinajstić information content (AvgIpc) is 2.66. The van der Waals surface area contributed by atoms with Gasteiger partial charge in [0, 0.05) is 5.57 Å². The zero-order chi connectivity index (χ0) is 17.9. The van der Waals surface area contributed by atoms with Crippen LogP contribution in [0, 0.1) is 0 Å². The summed E-state index contributed by atoms with van der Waals surface area (Å²) in [6, 6.07) is 17.8. The summed E-state index contributed by atoms with van der Waals surface area (Å²) in [5.41, 5.74) is 2.79. The molecule has 0 heterocycles. The molecular formula is C22H26O3. The van der Waals surface area contributed by atoms with Crippen LogP contribution in [0.25, 0.3) is 6.08 Å². The van der Waals surface area contributed by atoms with Crippen LogP contribution in [0.4, 0.5) is 0 Å². The van der Waals surface area contributed by atoms with Crippen LogP contribution in [0.3, 0.4) is 0 Å². The molecule has 25 heavy (non-hydrogen) atoms. The number of hydrogen-bond donors (Lipinski definition) is 0. The number of ether oxygens (including phenoxy) is 2. The lowest BCUT2D eigenvalue weighted by Gasteiger charge is -2.08. The molecule has 0 aliphatic carbocycles. The maximum Gasteiger partial charge on any atom is 0.334 e. The molecule has 0 unspecified atom stereocenters. The molecule has 0 atom stereocenters. The van der Waals surface area contributed by atoms with E-state index in [-0.39, 0.29) is 5.97 Å². The summed E-state index contributed by atoms with van der Waals surface area (Å²) in [5, 5.41) is 0. The van der Waals surface area contributed by atoms with Gasteiger partial charge in [-0.05, 0) is 42.2 Å². The summed E-state index contributed by atoms with van der Waals surface area (Å²) in [6.07, 6.45) is 4.45. The Labute approximate surface area is 150 Å². The summed E-state index contributed by atoms with van der Waals surface area (Å²) >= 11 is 0. The molecule has 0 radical (unpaired) electrons. The van der Waals surface area contributed by atoms with Gasteiger partial charge in [0.05, 0.1) is 6.61 Å². The minimum absolute atomic E-state index is 0.222. The Balaban J connectivity index is 1.94. The smallest absolute Gasteiger partial charge is 0.334 e. The first kappa shape index (κ1) is 18.8. The molecule has 0 spiro atoms. The molecule has 3 heteroatoms. The maximum absolute atomic E-state index is 12.1. The second kappa shape index (κ2) is 10.3. The van der Waals surface area contributed by atoms with Crippen molar-refractivity contribution in [2.24, 2.45) is 0 Å². The highest BCUT2D eigenvalue weighted by atomic mass is 16.5. The fourth-order valence-corrected chi connectivity index (χ4v) is 2.31. The van der Waals surface area contributed by atoms with Gasteiger partial charge >= 0.3 is 5.97 Å². The minimum atomic E-state index is -0.222. The highest BCUT2D eigenvalue weighted by Gasteiger charge is 2.08. The monoisotopic (exact) mass is 338 g/mol. The molecule has 0 amide bonds. The molecular weight excluding hydrogens is 312 g/mol. The summed E-state index contributed by atoms with van der Waals surface area (Å²) < 4.78 is 11.1. The van der Waals surface area contributed by atoms with Gasteiger partial charge in [0.1, 0.15) is 12.4 Å². The Morgan fingerprint density at radius 2 is 1.72 bits per heavy atom. The third-order valence-corrected chi connectivity index (χ3v) is 3.84. The summed E-state index contributed by atoms with van der Waals surface area (Å²) in [4.78, 5) is 12.1. The van der Waals surface area contributed by atoms with E-state index < -0.39 is 0 Å². The Bertz CT molecular complexity index is 672. The van der Waals surface area contributed by atoms with E-state index in [1.165, 1.54) is 0 Å². The second-order valence-corrected chi connectivity index (χ2v) is 5.86. The fraction of sp³-hybridized carbons (Fsp3) is 0.318. The number of rotatable bonds is 9. The van der Waals surface area contributed by atoms with Crippen LogP contribution < -0.4 is 4.74 Å². The molecule has 0 bridgehead atoms. The van der Waals surface area contributed by atoms with E-state index in [2.05, 4.69) is 6.92 Å². The zero-order valence-electron chi connectivity index (χ0n) is 15.0. The van der Waals surface area contributed by atoms with E-state index in [4.69, 9.17) is 9.47 Å². The average molecular weight is 338 g/mol. The van der Waals surface area contributed by atoms with Crippen LogP contribution in [-0.4, -0.2) is 12.6 Å². The largest absolute Gasteiger partial charge is 0.489 e. The standard InChI is InChI=1S/C22H26O3/c1-3-5-15-24-22(23)20(4-2)16-18-11-13-21(14-12-18)25-17-19-9-7-6-8-10-19/h6-14,16H,3-5,15,17H2,1-2H3. The van der Waals surface area contributed by atoms with Crippen molar-refractivity contribution < 1.29 is 14.3 Å². The van der Waals surface area contributed by atoms with Crippen LogP contribution in [0.1, 0.15) is 44.2 Å². The van der Waals surface area contributed by atoms with Crippen LogP contribution in [0.5, 0.6) is 5.75 Å². The van der Waals surface area contributed by atoms with Crippen LogP contribution in [-0.2, 0) is 16.1 Å². The Morgan fingerprint density at radius 3 is 2.36 bits per heavy atom. The molecule has 0 aliphatic rings. The third kappa shape index (κ3) is 6.46.